The number of hydrogen-bond donors (Lipinski definition) is 1. The summed E-state index contributed by atoms with van der Waals surface area (Å²) in [6.45, 7) is 0.810. The van der Waals surface area contributed by atoms with E-state index in [1.165, 1.54) is 29.7 Å². The van der Waals surface area contributed by atoms with E-state index >= 15 is 0 Å². The van der Waals surface area contributed by atoms with Gasteiger partial charge in [-0.15, -0.1) is 11.8 Å². The number of hydrogen-bond acceptors (Lipinski definition) is 2. The second-order valence-electron chi connectivity index (χ2n) is 4.40. The molecule has 0 aromatic heterocycles. The molecule has 0 bridgehead atoms. The summed E-state index contributed by atoms with van der Waals surface area (Å²) in [7, 11) is 0. The summed E-state index contributed by atoms with van der Waals surface area (Å²) >= 11 is 1.80. The van der Waals surface area contributed by atoms with Crippen molar-refractivity contribution in [2.75, 3.05) is 12.8 Å². The highest BCUT2D eigenvalue weighted by atomic mass is 32.2. The summed E-state index contributed by atoms with van der Waals surface area (Å²) in [5.41, 5.74) is 7.63. The number of rotatable bonds is 4. The monoisotopic (exact) mass is 221 g/mol. The van der Waals surface area contributed by atoms with Gasteiger partial charge in [0, 0.05) is 4.90 Å². The quantitative estimate of drug-likeness (QED) is 0.790. The summed E-state index contributed by atoms with van der Waals surface area (Å²) in [5, 5.41) is 0. The van der Waals surface area contributed by atoms with Crippen molar-refractivity contribution in [2.24, 2.45) is 5.73 Å². The topological polar surface area (TPSA) is 26.0 Å². The van der Waals surface area contributed by atoms with Crippen LogP contribution in [0.25, 0.3) is 0 Å². The Labute approximate surface area is 96.4 Å². The first kappa shape index (κ1) is 11.0. The second kappa shape index (κ2) is 4.58. The van der Waals surface area contributed by atoms with Crippen molar-refractivity contribution >= 4 is 11.8 Å². The minimum absolute atomic E-state index is 0.422. The second-order valence-corrected chi connectivity index (χ2v) is 5.28. The number of nitrogens with two attached hydrogens (primary N) is 1. The molecule has 0 atom stereocenters. The molecule has 1 aliphatic rings. The maximum Gasteiger partial charge on any atom is 0.00693 e. The predicted octanol–water partition coefficient (Wildman–Crippen LogP) is 3.18. The Balaban J connectivity index is 2.19. The van der Waals surface area contributed by atoms with Crippen LogP contribution in [-0.4, -0.2) is 12.8 Å². The Bertz CT molecular complexity index is 314. The van der Waals surface area contributed by atoms with E-state index in [1.54, 1.807) is 11.8 Å². The van der Waals surface area contributed by atoms with Gasteiger partial charge in [0.15, 0.2) is 0 Å². The number of thioether (sulfide) groups is 1. The van der Waals surface area contributed by atoms with Crippen molar-refractivity contribution in [3.63, 3.8) is 0 Å². The lowest BCUT2D eigenvalue weighted by atomic mass is 9.62. The fraction of sp³-hybridized carbons (Fsp3) is 0.538. The Morgan fingerprint density at radius 3 is 2.33 bits per heavy atom. The Morgan fingerprint density at radius 2 is 1.93 bits per heavy atom. The smallest absolute Gasteiger partial charge is 0.00693 e. The molecule has 0 radical (unpaired) electrons. The van der Waals surface area contributed by atoms with Gasteiger partial charge in [-0.25, -0.2) is 0 Å². The first-order valence-electron chi connectivity index (χ1n) is 5.65. The Kier molecular flexibility index (Phi) is 3.37. The molecule has 1 saturated carbocycles. The summed E-state index contributed by atoms with van der Waals surface area (Å²) in [6, 6.07) is 9.05. The molecule has 1 aromatic carbocycles. The van der Waals surface area contributed by atoms with Crippen LogP contribution in [0.1, 0.15) is 31.2 Å². The molecule has 1 nitrogen and oxygen atoms in total. The first-order chi connectivity index (χ1) is 7.30. The lowest BCUT2D eigenvalue weighted by Gasteiger charge is -2.42. The molecule has 0 amide bonds. The van der Waals surface area contributed by atoms with Crippen molar-refractivity contribution in [3.05, 3.63) is 29.8 Å². The highest BCUT2D eigenvalue weighted by molar-refractivity contribution is 7.98. The van der Waals surface area contributed by atoms with Gasteiger partial charge in [0.25, 0.3) is 0 Å². The Morgan fingerprint density at radius 1 is 1.27 bits per heavy atom. The molecule has 0 spiro atoms. The van der Waals surface area contributed by atoms with E-state index in [1.807, 2.05) is 0 Å². The fourth-order valence-electron chi connectivity index (χ4n) is 2.51. The first-order valence-corrected chi connectivity index (χ1v) is 6.88. The molecule has 0 unspecified atom stereocenters. The average molecular weight is 221 g/mol. The zero-order valence-electron chi connectivity index (χ0n) is 9.33. The maximum absolute atomic E-state index is 5.71. The van der Waals surface area contributed by atoms with Crippen molar-refractivity contribution in [1.29, 1.82) is 0 Å². The molecule has 2 heteroatoms. The SMILES string of the molecule is CSc1ccc(C2(CCN)CCC2)cc1. The zero-order chi connectivity index (χ0) is 10.7. The van der Waals surface area contributed by atoms with Crippen LogP contribution in [0.5, 0.6) is 0 Å². The van der Waals surface area contributed by atoms with Crippen molar-refractivity contribution in [3.8, 4) is 0 Å². The van der Waals surface area contributed by atoms with Crippen LogP contribution in [0.15, 0.2) is 29.2 Å². The zero-order valence-corrected chi connectivity index (χ0v) is 10.1. The molecule has 0 aliphatic heterocycles. The van der Waals surface area contributed by atoms with Crippen molar-refractivity contribution in [1.82, 2.24) is 0 Å². The van der Waals surface area contributed by atoms with E-state index in [2.05, 4.69) is 30.5 Å². The standard InChI is InChI=1S/C13H19NS/c1-15-12-5-3-11(4-6-12)13(9-10-14)7-2-8-13/h3-6H,2,7-10,14H2,1H3. The van der Waals surface area contributed by atoms with Gasteiger partial charge in [-0.2, -0.15) is 0 Å². The van der Waals surface area contributed by atoms with E-state index in [4.69, 9.17) is 5.73 Å². The van der Waals surface area contributed by atoms with Gasteiger partial charge in [0.05, 0.1) is 0 Å². The molecule has 82 valence electrons. The molecule has 15 heavy (non-hydrogen) atoms. The largest absolute Gasteiger partial charge is 0.330 e. The van der Waals surface area contributed by atoms with Crippen molar-refractivity contribution < 1.29 is 0 Å². The van der Waals surface area contributed by atoms with Gasteiger partial charge in [0.1, 0.15) is 0 Å². The van der Waals surface area contributed by atoms with Crippen LogP contribution in [-0.2, 0) is 5.41 Å². The van der Waals surface area contributed by atoms with Gasteiger partial charge < -0.3 is 5.73 Å². The van der Waals surface area contributed by atoms with E-state index < -0.39 is 0 Å². The van der Waals surface area contributed by atoms with Gasteiger partial charge in [-0.05, 0) is 55.2 Å². The fourth-order valence-corrected chi connectivity index (χ4v) is 2.92. The third kappa shape index (κ3) is 2.06. The minimum atomic E-state index is 0.422. The predicted molar refractivity (Wildman–Crippen MR) is 67.4 cm³/mol. The summed E-state index contributed by atoms with van der Waals surface area (Å²) in [5.74, 6) is 0. The molecular weight excluding hydrogens is 202 g/mol. The average Bonchev–Trinajstić information content (AvgIpc) is 2.24. The summed E-state index contributed by atoms with van der Waals surface area (Å²) < 4.78 is 0. The maximum atomic E-state index is 5.71. The highest BCUT2D eigenvalue weighted by Gasteiger charge is 2.37. The molecule has 1 fully saturated rings. The van der Waals surface area contributed by atoms with Gasteiger partial charge >= 0.3 is 0 Å². The highest BCUT2D eigenvalue weighted by Crippen LogP contribution is 2.46. The van der Waals surface area contributed by atoms with E-state index in [9.17, 15) is 0 Å². The van der Waals surface area contributed by atoms with Crippen LogP contribution in [0.4, 0.5) is 0 Å². The molecule has 2 N–H and O–H groups in total. The van der Waals surface area contributed by atoms with Crippen LogP contribution in [0.2, 0.25) is 0 Å². The van der Waals surface area contributed by atoms with Crippen molar-refractivity contribution in [2.45, 2.75) is 36.0 Å². The van der Waals surface area contributed by atoms with Crippen LogP contribution in [0, 0.1) is 0 Å². The Hall–Kier alpha value is -0.470. The summed E-state index contributed by atoms with van der Waals surface area (Å²) in [4.78, 5) is 1.35. The van der Waals surface area contributed by atoms with Gasteiger partial charge in [0.2, 0.25) is 0 Å². The molecule has 0 saturated heterocycles. The van der Waals surface area contributed by atoms with E-state index in [0.29, 0.717) is 5.41 Å². The molecule has 1 aliphatic carbocycles. The lowest BCUT2D eigenvalue weighted by Crippen LogP contribution is -2.36. The minimum Gasteiger partial charge on any atom is -0.330 e. The summed E-state index contributed by atoms with van der Waals surface area (Å²) in [6.07, 6.45) is 7.27. The molecule has 1 aromatic rings. The molecular formula is C13H19NS. The third-order valence-electron chi connectivity index (χ3n) is 3.64. The molecule has 0 heterocycles. The van der Waals surface area contributed by atoms with E-state index in [-0.39, 0.29) is 0 Å². The van der Waals surface area contributed by atoms with Gasteiger partial charge in [-0.1, -0.05) is 18.6 Å². The third-order valence-corrected chi connectivity index (χ3v) is 4.38. The normalized spacial score (nSPS) is 18.5. The van der Waals surface area contributed by atoms with Crippen LogP contribution in [0.3, 0.4) is 0 Å². The van der Waals surface area contributed by atoms with E-state index in [0.717, 1.165) is 13.0 Å². The lowest BCUT2D eigenvalue weighted by molar-refractivity contribution is 0.229. The molecule has 2 rings (SSSR count). The number of benzene rings is 1. The van der Waals surface area contributed by atoms with Crippen LogP contribution < -0.4 is 5.73 Å². The van der Waals surface area contributed by atoms with Crippen LogP contribution >= 0.6 is 11.8 Å². The van der Waals surface area contributed by atoms with Gasteiger partial charge in [-0.3, -0.25) is 0 Å².